The number of ether oxygens (including phenoxy) is 3. The summed E-state index contributed by atoms with van der Waals surface area (Å²) in [5, 5.41) is 9.72. The van der Waals surface area contributed by atoms with Crippen molar-refractivity contribution in [3.05, 3.63) is 110 Å². The van der Waals surface area contributed by atoms with E-state index < -0.39 is 65.5 Å². The number of imidazole rings is 2. The summed E-state index contributed by atoms with van der Waals surface area (Å²) >= 11 is 0. The third kappa shape index (κ3) is 13.5. The highest BCUT2D eigenvalue weighted by Gasteiger charge is 2.47. The lowest BCUT2D eigenvalue weighted by atomic mass is 10.2. The number of benzene rings is 2. The van der Waals surface area contributed by atoms with Gasteiger partial charge in [0.1, 0.15) is 24.9 Å². The summed E-state index contributed by atoms with van der Waals surface area (Å²) in [6, 6.07) is 17.5. The second-order valence-electron chi connectivity index (χ2n) is 15.6. The number of aromatic nitrogens is 8. The molecule has 6 aromatic rings. The van der Waals surface area contributed by atoms with Crippen LogP contribution in [0.2, 0.25) is 0 Å². The van der Waals surface area contributed by atoms with Crippen molar-refractivity contribution in [3.8, 4) is 0 Å². The number of nitrogens with zero attached hydrogens (tertiary/aromatic N) is 9. The number of hydrogen-bond acceptors (Lipinski definition) is 15. The van der Waals surface area contributed by atoms with Gasteiger partial charge in [0, 0.05) is 64.1 Å². The fraction of sp³-hybridized carbons (Fsp3) is 0.447. The number of halogens is 2. The first-order valence-electron chi connectivity index (χ1n) is 24.1. The van der Waals surface area contributed by atoms with Gasteiger partial charge in [0.05, 0.1) is 24.9 Å². The maximum Gasteiger partial charge on any atom is 0.259 e. The highest BCUT2D eigenvalue weighted by atomic mass is 31.1. The molecule has 7 heterocycles. The minimum Gasteiger partial charge on any atom is -0.400 e. The van der Waals surface area contributed by atoms with Gasteiger partial charge < -0.3 is 38.8 Å². The standard InChI is InChI=1S/C22H25FN5O3P.C19H21FN5O3P.C4H8O.2CH4O/c1-5-11-27(21(29)15-9-7-6-8-10-15)19-17-20(25-12-24-19)28(13-26-17)22-16(23)18(14(2)30-22)31-32(3)4;1-11-15(28-29(2)3)13(20)19(27-11)25-10-23-14-16(21-9-22-17(14)25)24-18(26)12-7-5-4-6-8-12;1-2-4-5-3-1;2*1-2/h5-10,12-14,16,18,22H,1,11H2,2-4H3;4-11,13,15,19H,1-3H3,(H,21,22,24,26);1-4H2;2*2H,1H3/t14-,16-,18-,22-;11-,13-,15-,19-;;;/m11.../s1/i2D;1D;;2*2T. The molecule has 378 valence electrons. The van der Waals surface area contributed by atoms with E-state index in [4.69, 9.17) is 28.9 Å². The molecule has 9 rings (SSSR count). The molecular formula is C47H62F2N10O9P2. The maximum absolute atomic E-state index is 15.4. The fourth-order valence-corrected chi connectivity index (χ4v) is 8.82. The molecule has 0 bridgehead atoms. The lowest BCUT2D eigenvalue weighted by molar-refractivity contribution is -0.0123. The Morgan fingerprint density at radius 2 is 1.30 bits per heavy atom. The smallest absolute Gasteiger partial charge is 0.259 e. The van der Waals surface area contributed by atoms with Gasteiger partial charge in [-0.3, -0.25) is 23.6 Å². The van der Waals surface area contributed by atoms with Crippen molar-refractivity contribution in [3.63, 3.8) is 0 Å². The Labute approximate surface area is 414 Å². The lowest BCUT2D eigenvalue weighted by Crippen LogP contribution is -2.32. The van der Waals surface area contributed by atoms with Gasteiger partial charge in [-0.2, -0.15) is 0 Å². The number of amides is 2. The van der Waals surface area contributed by atoms with E-state index in [1.54, 1.807) is 54.6 Å². The SMILES string of the molecule is C1CCOC1.[2H]C[C@H]1O[C@@H](n2cnc3c(N(CC=C)C(=O)c4ccccc4)ncnc32)[C@H](F)[C@@H]1OP(C)C.[2H]C[C@H]1O[C@@H](n2cnc3c(NC(=O)c4ccccc4)ncnc32)[C@H](F)[C@@H]1OP(C)C.[3H]OC.[3H]OC. The van der Waals surface area contributed by atoms with Crippen LogP contribution in [0.3, 0.4) is 0 Å². The van der Waals surface area contributed by atoms with Crippen LogP contribution >= 0.6 is 16.3 Å². The van der Waals surface area contributed by atoms with Gasteiger partial charge in [0.25, 0.3) is 11.8 Å². The molecule has 0 unspecified atom stereocenters. The molecular weight excluding hydrogens is 949 g/mol. The van der Waals surface area contributed by atoms with E-state index in [9.17, 15) is 9.59 Å². The summed E-state index contributed by atoms with van der Waals surface area (Å²) < 4.78 is 88.4. The van der Waals surface area contributed by atoms with E-state index in [2.05, 4.69) is 52.0 Å². The number of alkyl halides is 2. The van der Waals surface area contributed by atoms with Gasteiger partial charge in [-0.15, -0.1) is 6.58 Å². The molecule has 8 atom stereocenters. The Hall–Kier alpha value is -5.34. The molecule has 2 amide bonds. The number of aliphatic hydroxyl groups is 2. The third-order valence-corrected chi connectivity index (χ3v) is 11.7. The Morgan fingerprint density at radius 1 is 0.814 bits per heavy atom. The van der Waals surface area contributed by atoms with Crippen molar-refractivity contribution < 1.29 is 54.6 Å². The first-order chi connectivity index (χ1) is 35.8. The van der Waals surface area contributed by atoms with Crippen molar-refractivity contribution in [2.45, 2.75) is 75.9 Å². The Bertz CT molecular complexity index is 2650. The van der Waals surface area contributed by atoms with Crippen LogP contribution in [-0.4, -0.2) is 161 Å². The van der Waals surface area contributed by atoms with E-state index in [1.807, 2.05) is 38.8 Å². The fourth-order valence-electron chi connectivity index (χ4n) is 7.34. The predicted octanol–water partition coefficient (Wildman–Crippen LogP) is 7.35. The molecule has 0 spiro atoms. The van der Waals surface area contributed by atoms with E-state index in [0.29, 0.717) is 33.5 Å². The Kier molecular flexibility index (Phi) is 19.4. The molecule has 23 heteroatoms. The second kappa shape index (κ2) is 27.3. The highest BCUT2D eigenvalue weighted by Crippen LogP contribution is 2.43. The lowest BCUT2D eigenvalue weighted by Gasteiger charge is -2.21. The van der Waals surface area contributed by atoms with Gasteiger partial charge >= 0.3 is 0 Å². The first-order valence-corrected chi connectivity index (χ1v) is 26.2. The van der Waals surface area contributed by atoms with Crippen LogP contribution in [0.25, 0.3) is 22.3 Å². The number of carbonyl (C=O) groups is 2. The number of carbonyl (C=O) groups excluding carboxylic acids is 2. The number of rotatable bonds is 12. The molecule has 0 aliphatic carbocycles. The van der Waals surface area contributed by atoms with Gasteiger partial charge in [0.15, 0.2) is 58.8 Å². The monoisotopic (exact) mass is 1020 g/mol. The van der Waals surface area contributed by atoms with Crippen LogP contribution in [0.5, 0.6) is 0 Å². The molecule has 19 nitrogen and oxygen atoms in total. The normalized spacial score (nSPS) is 23.2. The van der Waals surface area contributed by atoms with E-state index in [-0.39, 0.29) is 43.8 Å². The zero-order chi connectivity index (χ0) is 53.7. The summed E-state index contributed by atoms with van der Waals surface area (Å²) in [4.78, 5) is 52.7. The molecule has 2 aromatic carbocycles. The van der Waals surface area contributed by atoms with Crippen molar-refractivity contribution in [2.75, 3.05) is 70.9 Å². The molecule has 0 saturated carbocycles. The zero-order valence-electron chi connectivity index (χ0n) is 43.8. The van der Waals surface area contributed by atoms with Crippen molar-refractivity contribution in [1.29, 1.82) is 2.86 Å². The molecule has 3 aliphatic rings. The van der Waals surface area contributed by atoms with Gasteiger partial charge in [-0.1, -0.05) is 42.5 Å². The summed E-state index contributed by atoms with van der Waals surface area (Å²) in [6.45, 7) is 13.2. The Morgan fingerprint density at radius 3 is 1.77 bits per heavy atom. The maximum atomic E-state index is 15.4. The summed E-state index contributed by atoms with van der Waals surface area (Å²) in [6.07, 6.45) is 1.42. The van der Waals surface area contributed by atoms with Crippen LogP contribution in [-0.2, 0) is 23.3 Å². The average molecular weight is 1020 g/mol. The first kappa shape index (κ1) is 49.6. The summed E-state index contributed by atoms with van der Waals surface area (Å²) in [5.74, 6) is -0.104. The molecule has 4 aromatic heterocycles. The Balaban J connectivity index is 0.000000228. The van der Waals surface area contributed by atoms with Crippen LogP contribution in [0.4, 0.5) is 20.4 Å². The molecule has 70 heavy (non-hydrogen) atoms. The van der Waals surface area contributed by atoms with Crippen molar-refractivity contribution >= 4 is 62.1 Å². The minimum atomic E-state index is -1.50. The zero-order valence-corrected chi connectivity index (χ0v) is 41.6. The minimum absolute atomic E-state index is 0.120. The van der Waals surface area contributed by atoms with Gasteiger partial charge in [-0.05, 0) is 77.6 Å². The topological polar surface area (TPSA) is 223 Å². The highest BCUT2D eigenvalue weighted by molar-refractivity contribution is 7.51. The number of hydrogen-bond donors (Lipinski definition) is 3. The van der Waals surface area contributed by atoms with E-state index >= 15 is 8.78 Å². The average Bonchev–Trinajstić information content (AvgIpc) is 4.28. The molecule has 3 saturated heterocycles. The molecule has 3 fully saturated rings. The van der Waals surface area contributed by atoms with Crippen LogP contribution in [0.15, 0.2) is 98.6 Å². The van der Waals surface area contributed by atoms with Crippen LogP contribution < -0.4 is 10.2 Å². The molecule has 3 aliphatic heterocycles. The predicted molar refractivity (Wildman–Crippen MR) is 266 cm³/mol. The van der Waals surface area contributed by atoms with Gasteiger partial charge in [0.2, 0.25) is 2.86 Å². The number of aliphatic hydroxyl groups excluding tert-OH is 2. The second-order valence-corrected chi connectivity index (χ2v) is 19.2. The number of nitrogens with one attached hydrogen (secondary N) is 1. The summed E-state index contributed by atoms with van der Waals surface area (Å²) in [7, 11) is 0.927. The molecule has 3 N–H and O–H groups in total. The van der Waals surface area contributed by atoms with Gasteiger partial charge in [-0.25, -0.2) is 38.7 Å². The van der Waals surface area contributed by atoms with Crippen LogP contribution in [0, 0.1) is 0 Å². The van der Waals surface area contributed by atoms with E-state index in [1.165, 1.54) is 66.4 Å². The van der Waals surface area contributed by atoms with E-state index in [0.717, 1.165) is 13.2 Å². The number of anilines is 2. The van der Waals surface area contributed by atoms with Crippen molar-refractivity contribution in [2.24, 2.45) is 0 Å². The third-order valence-electron chi connectivity index (χ3n) is 10.4. The largest absolute Gasteiger partial charge is 0.400 e. The van der Waals surface area contributed by atoms with Crippen LogP contribution in [0.1, 0.15) is 62.6 Å². The quantitative estimate of drug-likeness (QED) is 0.0806. The number of fused-ring (bicyclic) bond motifs is 2. The summed E-state index contributed by atoms with van der Waals surface area (Å²) in [5.41, 5.74) is 2.25. The van der Waals surface area contributed by atoms with Crippen molar-refractivity contribution in [1.82, 2.24) is 39.0 Å². The molecule has 0 radical (unpaired) electrons.